The van der Waals surface area contributed by atoms with Crippen molar-refractivity contribution in [1.29, 1.82) is 0 Å². The van der Waals surface area contributed by atoms with Gasteiger partial charge in [-0.15, -0.1) is 0 Å². The van der Waals surface area contributed by atoms with E-state index in [0.29, 0.717) is 31.1 Å². The van der Waals surface area contributed by atoms with Gasteiger partial charge < -0.3 is 15.2 Å². The maximum Gasteiger partial charge on any atom is 0.335 e. The first-order valence-electron chi connectivity index (χ1n) is 8.78. The summed E-state index contributed by atoms with van der Waals surface area (Å²) >= 11 is 0. The molecule has 0 aliphatic heterocycles. The number of carboxylic acids is 1. The Morgan fingerprint density at radius 2 is 1.77 bits per heavy atom. The van der Waals surface area contributed by atoms with Crippen LogP contribution in [0, 0.1) is 0 Å². The van der Waals surface area contributed by atoms with Crippen molar-refractivity contribution < 1.29 is 19.4 Å². The maximum absolute atomic E-state index is 11.9. The number of carbonyl (C=O) groups is 2. The molecule has 0 bridgehead atoms. The van der Waals surface area contributed by atoms with Crippen LogP contribution in [-0.2, 0) is 11.2 Å². The predicted molar refractivity (Wildman–Crippen MR) is 101 cm³/mol. The molecule has 5 nitrogen and oxygen atoms in total. The van der Waals surface area contributed by atoms with Gasteiger partial charge in [0.25, 0.3) is 0 Å². The van der Waals surface area contributed by atoms with Crippen LogP contribution in [0.15, 0.2) is 48.5 Å². The highest BCUT2D eigenvalue weighted by molar-refractivity contribution is 5.89. The van der Waals surface area contributed by atoms with Crippen LogP contribution in [0.2, 0.25) is 0 Å². The van der Waals surface area contributed by atoms with Crippen LogP contribution in [0.25, 0.3) is 0 Å². The monoisotopic (exact) mass is 355 g/mol. The third-order valence-electron chi connectivity index (χ3n) is 4.11. The molecule has 138 valence electrons. The highest BCUT2D eigenvalue weighted by atomic mass is 16.5. The zero-order valence-corrected chi connectivity index (χ0v) is 15.2. The Kier molecular flexibility index (Phi) is 7.21. The number of amides is 1. The summed E-state index contributed by atoms with van der Waals surface area (Å²) in [6, 6.07) is 14.7. The molecule has 2 N–H and O–H groups in total. The molecular formula is C21H25NO4. The Balaban J connectivity index is 1.70. The average Bonchev–Trinajstić information content (AvgIpc) is 2.64. The highest BCUT2D eigenvalue weighted by Gasteiger charge is 2.10. The molecule has 5 heteroatoms. The molecule has 0 atom stereocenters. The van der Waals surface area contributed by atoms with Gasteiger partial charge in [-0.25, -0.2) is 4.79 Å². The van der Waals surface area contributed by atoms with Crippen molar-refractivity contribution in [2.45, 2.75) is 32.6 Å². The largest absolute Gasteiger partial charge is 0.492 e. The van der Waals surface area contributed by atoms with Gasteiger partial charge in [0.15, 0.2) is 0 Å². The fourth-order valence-corrected chi connectivity index (χ4v) is 2.59. The number of hydrogen-bond donors (Lipinski definition) is 2. The lowest BCUT2D eigenvalue weighted by Crippen LogP contribution is -2.28. The number of benzene rings is 2. The summed E-state index contributed by atoms with van der Waals surface area (Å²) in [5, 5.41) is 11.9. The van der Waals surface area contributed by atoms with Crippen LogP contribution in [0.4, 0.5) is 0 Å². The zero-order valence-electron chi connectivity index (χ0n) is 15.2. The van der Waals surface area contributed by atoms with Gasteiger partial charge in [0.05, 0.1) is 12.1 Å². The quantitative estimate of drug-likeness (QED) is 0.674. The van der Waals surface area contributed by atoms with E-state index >= 15 is 0 Å². The molecule has 2 aromatic rings. The molecule has 0 spiro atoms. The Hall–Kier alpha value is -2.82. The number of rotatable bonds is 9. The lowest BCUT2D eigenvalue weighted by Gasteiger charge is -2.10. The van der Waals surface area contributed by atoms with Crippen LogP contribution in [-0.4, -0.2) is 30.1 Å². The molecule has 0 saturated heterocycles. The summed E-state index contributed by atoms with van der Waals surface area (Å²) in [5.74, 6) is 0.162. The van der Waals surface area contributed by atoms with Crippen LogP contribution in [0.5, 0.6) is 5.75 Å². The lowest BCUT2D eigenvalue weighted by molar-refractivity contribution is -0.121. The van der Waals surface area contributed by atoms with E-state index in [1.54, 1.807) is 24.3 Å². The molecule has 0 aliphatic carbocycles. The normalized spacial score (nSPS) is 10.6. The van der Waals surface area contributed by atoms with E-state index in [-0.39, 0.29) is 17.9 Å². The summed E-state index contributed by atoms with van der Waals surface area (Å²) in [4.78, 5) is 23.1. The minimum atomic E-state index is -0.974. The van der Waals surface area contributed by atoms with E-state index < -0.39 is 5.97 Å². The van der Waals surface area contributed by atoms with Crippen molar-refractivity contribution in [2.24, 2.45) is 0 Å². The molecule has 26 heavy (non-hydrogen) atoms. The molecule has 0 aliphatic rings. The number of carbonyl (C=O) groups excluding carboxylic acids is 1. The second kappa shape index (κ2) is 9.61. The van der Waals surface area contributed by atoms with E-state index in [1.165, 1.54) is 5.56 Å². The molecule has 0 fully saturated rings. The van der Waals surface area contributed by atoms with Gasteiger partial charge in [0.2, 0.25) is 5.91 Å². The molecule has 0 unspecified atom stereocenters. The first-order valence-corrected chi connectivity index (χ1v) is 8.78. The van der Waals surface area contributed by atoms with E-state index in [0.717, 1.165) is 5.75 Å². The number of ether oxygens (including phenoxy) is 1. The highest BCUT2D eigenvalue weighted by Crippen LogP contribution is 2.18. The van der Waals surface area contributed by atoms with Crippen molar-refractivity contribution in [3.8, 4) is 5.75 Å². The minimum Gasteiger partial charge on any atom is -0.492 e. The molecule has 0 heterocycles. The predicted octanol–water partition coefficient (Wildman–Crippen LogP) is 3.64. The van der Waals surface area contributed by atoms with Crippen molar-refractivity contribution in [3.63, 3.8) is 0 Å². The summed E-state index contributed by atoms with van der Waals surface area (Å²) in [5.41, 5.74) is 2.16. The second-order valence-corrected chi connectivity index (χ2v) is 6.38. The number of carboxylic acid groups (broad SMARTS) is 1. The van der Waals surface area contributed by atoms with Crippen molar-refractivity contribution in [3.05, 3.63) is 65.2 Å². The Morgan fingerprint density at radius 1 is 1.08 bits per heavy atom. The Bertz CT molecular complexity index is 738. The number of aromatic carboxylic acids is 1. The number of nitrogens with one attached hydrogen (secondary N) is 1. The summed E-state index contributed by atoms with van der Waals surface area (Å²) in [6.45, 7) is 5.07. The molecule has 0 radical (unpaired) electrons. The van der Waals surface area contributed by atoms with E-state index in [2.05, 4.69) is 19.2 Å². The van der Waals surface area contributed by atoms with Gasteiger partial charge in [0, 0.05) is 6.42 Å². The molecule has 0 saturated carbocycles. The van der Waals surface area contributed by atoms with E-state index in [1.807, 2.05) is 24.3 Å². The number of hydrogen-bond acceptors (Lipinski definition) is 3. The van der Waals surface area contributed by atoms with E-state index in [4.69, 9.17) is 9.84 Å². The van der Waals surface area contributed by atoms with Crippen LogP contribution in [0.3, 0.4) is 0 Å². The van der Waals surface area contributed by atoms with Gasteiger partial charge in [-0.1, -0.05) is 44.2 Å². The molecule has 0 aromatic heterocycles. The zero-order chi connectivity index (χ0) is 18.9. The van der Waals surface area contributed by atoms with Gasteiger partial charge >= 0.3 is 5.97 Å². The van der Waals surface area contributed by atoms with E-state index in [9.17, 15) is 9.59 Å². The molecule has 2 rings (SSSR count). The lowest BCUT2D eigenvalue weighted by atomic mass is 10.0. The van der Waals surface area contributed by atoms with Crippen molar-refractivity contribution >= 4 is 11.9 Å². The fraction of sp³-hybridized carbons (Fsp3) is 0.333. The molecule has 2 aromatic carbocycles. The third kappa shape index (κ3) is 5.92. The average molecular weight is 355 g/mol. The number of aryl methyl sites for hydroxylation is 1. The van der Waals surface area contributed by atoms with Gasteiger partial charge in [-0.2, -0.15) is 0 Å². The van der Waals surface area contributed by atoms with Crippen molar-refractivity contribution in [2.75, 3.05) is 13.2 Å². The van der Waals surface area contributed by atoms with Gasteiger partial charge in [-0.05, 0) is 41.7 Å². The van der Waals surface area contributed by atoms with Crippen molar-refractivity contribution in [1.82, 2.24) is 5.32 Å². The summed E-state index contributed by atoms with van der Waals surface area (Å²) in [7, 11) is 0. The summed E-state index contributed by atoms with van der Waals surface area (Å²) in [6.07, 6.45) is 0.638. The minimum absolute atomic E-state index is 0.121. The van der Waals surface area contributed by atoms with Crippen LogP contribution in [0.1, 0.15) is 47.7 Å². The standard InChI is InChI=1S/C21H25NO4/c1-15(2)16-7-10-18(11-8-16)26-14-13-22-20(23)12-9-17-5-3-4-6-19(17)21(24)25/h3-8,10-11,15H,9,12-14H2,1-2H3,(H,22,23)(H,24,25). The second-order valence-electron chi connectivity index (χ2n) is 6.38. The molecular weight excluding hydrogens is 330 g/mol. The maximum atomic E-state index is 11.9. The Morgan fingerprint density at radius 3 is 2.42 bits per heavy atom. The summed E-state index contributed by atoms with van der Waals surface area (Å²) < 4.78 is 5.61. The molecule has 1 amide bonds. The fourth-order valence-electron chi connectivity index (χ4n) is 2.59. The van der Waals surface area contributed by atoms with Gasteiger partial charge in [0.1, 0.15) is 12.4 Å². The Labute approximate surface area is 154 Å². The van der Waals surface area contributed by atoms with Gasteiger partial charge in [-0.3, -0.25) is 4.79 Å². The van der Waals surface area contributed by atoms with Crippen LogP contribution < -0.4 is 10.1 Å². The topological polar surface area (TPSA) is 75.6 Å². The third-order valence-corrected chi connectivity index (χ3v) is 4.11. The first kappa shape index (κ1) is 19.5. The van der Waals surface area contributed by atoms with Crippen LogP contribution >= 0.6 is 0 Å². The smallest absolute Gasteiger partial charge is 0.335 e. The SMILES string of the molecule is CC(C)c1ccc(OCCNC(=O)CCc2ccccc2C(=O)O)cc1. The first-order chi connectivity index (χ1) is 12.5.